The number of aromatic nitrogens is 1. The van der Waals surface area contributed by atoms with Gasteiger partial charge in [-0.3, -0.25) is 4.79 Å². The van der Waals surface area contributed by atoms with Crippen LogP contribution in [-0.4, -0.2) is 30.6 Å². The lowest BCUT2D eigenvalue weighted by molar-refractivity contribution is -0.118. The number of amides is 1. The number of anilines is 1. The number of hydrogen-bond acceptors (Lipinski definition) is 8. The highest BCUT2D eigenvalue weighted by atomic mass is 32.1. The summed E-state index contributed by atoms with van der Waals surface area (Å²) >= 11 is 1.51. The molecule has 0 spiro atoms. The molecule has 0 aliphatic carbocycles. The van der Waals surface area contributed by atoms with Crippen molar-refractivity contribution in [2.45, 2.75) is 6.61 Å². The van der Waals surface area contributed by atoms with Crippen molar-refractivity contribution in [1.29, 1.82) is 0 Å². The molecule has 1 amide bonds. The van der Waals surface area contributed by atoms with E-state index in [-0.39, 0.29) is 19.1 Å². The molecule has 2 heterocycles. The maximum Gasteiger partial charge on any atom is 0.338 e. The molecular formula is C24H20N2O6S. The van der Waals surface area contributed by atoms with Crippen molar-refractivity contribution in [1.82, 2.24) is 4.98 Å². The van der Waals surface area contributed by atoms with Crippen LogP contribution in [0.4, 0.5) is 5.69 Å². The van der Waals surface area contributed by atoms with Gasteiger partial charge in [0.15, 0.2) is 6.61 Å². The number of nitrogens with one attached hydrogen (secondary N) is 1. The summed E-state index contributed by atoms with van der Waals surface area (Å²) in [6, 6.07) is 17.2. The molecule has 0 radical (unpaired) electrons. The van der Waals surface area contributed by atoms with Gasteiger partial charge in [-0.25, -0.2) is 9.78 Å². The lowest BCUT2D eigenvalue weighted by Gasteiger charge is -2.09. The molecule has 168 valence electrons. The minimum absolute atomic E-state index is 0.00357. The largest absolute Gasteiger partial charge is 0.497 e. The van der Waals surface area contributed by atoms with Gasteiger partial charge in [0.1, 0.15) is 30.1 Å². The van der Waals surface area contributed by atoms with Crippen molar-refractivity contribution in [3.05, 3.63) is 83.6 Å². The molecule has 0 aliphatic heterocycles. The number of oxazole rings is 1. The molecule has 2 aromatic heterocycles. The number of ether oxygens (including phenoxy) is 3. The Morgan fingerprint density at radius 2 is 1.91 bits per heavy atom. The molecule has 1 N–H and O–H groups in total. The van der Waals surface area contributed by atoms with Crippen LogP contribution in [0.2, 0.25) is 0 Å². The van der Waals surface area contributed by atoms with E-state index in [0.29, 0.717) is 34.3 Å². The standard InChI is InChI=1S/C24H20N2O6S/c1-29-20-5-2-4-17(12-20)25-22(27)15-30-19-9-7-16(8-10-19)24(28)32-14-18-13-31-23(26-18)21-6-3-11-33-21/h2-13H,14-15H2,1H3,(H,25,27). The molecule has 4 aromatic rings. The number of carbonyl (C=O) groups excluding carboxylic acids is 2. The lowest BCUT2D eigenvalue weighted by Crippen LogP contribution is -2.20. The first kappa shape index (κ1) is 22.1. The van der Waals surface area contributed by atoms with Gasteiger partial charge in [0.25, 0.3) is 5.91 Å². The molecule has 0 saturated carbocycles. The molecule has 0 atom stereocenters. The van der Waals surface area contributed by atoms with Crippen molar-refractivity contribution in [2.75, 3.05) is 19.0 Å². The van der Waals surface area contributed by atoms with E-state index in [1.54, 1.807) is 55.6 Å². The van der Waals surface area contributed by atoms with E-state index in [4.69, 9.17) is 18.6 Å². The first-order valence-electron chi connectivity index (χ1n) is 9.93. The van der Waals surface area contributed by atoms with E-state index < -0.39 is 5.97 Å². The quantitative estimate of drug-likeness (QED) is 0.356. The number of benzene rings is 2. The summed E-state index contributed by atoms with van der Waals surface area (Å²) in [5.74, 6) is 0.763. The molecule has 0 unspecified atom stereocenters. The third-order valence-corrected chi connectivity index (χ3v) is 5.31. The number of carbonyl (C=O) groups is 2. The predicted octanol–water partition coefficient (Wildman–Crippen LogP) is 4.79. The number of rotatable bonds is 9. The van der Waals surface area contributed by atoms with E-state index in [1.807, 2.05) is 17.5 Å². The monoisotopic (exact) mass is 464 g/mol. The Morgan fingerprint density at radius 3 is 2.67 bits per heavy atom. The maximum atomic E-state index is 12.3. The maximum absolute atomic E-state index is 12.3. The fourth-order valence-corrected chi connectivity index (χ4v) is 3.50. The highest BCUT2D eigenvalue weighted by Gasteiger charge is 2.12. The molecule has 0 saturated heterocycles. The van der Waals surface area contributed by atoms with Crippen LogP contribution >= 0.6 is 11.3 Å². The highest BCUT2D eigenvalue weighted by molar-refractivity contribution is 7.13. The van der Waals surface area contributed by atoms with Crippen molar-refractivity contribution >= 4 is 28.9 Å². The molecule has 0 aliphatic rings. The normalized spacial score (nSPS) is 10.5. The van der Waals surface area contributed by atoms with Crippen molar-refractivity contribution < 1.29 is 28.2 Å². The number of hydrogen-bond donors (Lipinski definition) is 1. The fraction of sp³-hybridized carbons (Fsp3) is 0.125. The number of nitrogens with zero attached hydrogens (tertiary/aromatic N) is 1. The number of esters is 1. The Bertz CT molecular complexity index is 1220. The van der Waals surface area contributed by atoms with Gasteiger partial charge in [-0.1, -0.05) is 12.1 Å². The van der Waals surface area contributed by atoms with Crippen LogP contribution in [-0.2, 0) is 16.1 Å². The van der Waals surface area contributed by atoms with Gasteiger partial charge in [-0.2, -0.15) is 0 Å². The van der Waals surface area contributed by atoms with Gasteiger partial charge in [-0.15, -0.1) is 11.3 Å². The average Bonchev–Trinajstić information content (AvgIpc) is 3.54. The molecule has 2 aromatic carbocycles. The van der Waals surface area contributed by atoms with Gasteiger partial charge in [-0.05, 0) is 47.8 Å². The Labute approximate surface area is 193 Å². The van der Waals surface area contributed by atoms with Crippen LogP contribution in [0.1, 0.15) is 16.1 Å². The van der Waals surface area contributed by atoms with Gasteiger partial charge >= 0.3 is 5.97 Å². The summed E-state index contributed by atoms with van der Waals surface area (Å²) in [7, 11) is 1.56. The molecule has 0 fully saturated rings. The summed E-state index contributed by atoms with van der Waals surface area (Å²) in [5, 5.41) is 4.66. The van der Waals surface area contributed by atoms with E-state index in [2.05, 4.69) is 10.3 Å². The van der Waals surface area contributed by atoms with Crippen LogP contribution in [0.3, 0.4) is 0 Å². The van der Waals surface area contributed by atoms with E-state index >= 15 is 0 Å². The first-order valence-corrected chi connectivity index (χ1v) is 10.8. The molecular weight excluding hydrogens is 444 g/mol. The number of thiophene rings is 1. The summed E-state index contributed by atoms with van der Waals surface area (Å²) < 4.78 is 21.3. The minimum Gasteiger partial charge on any atom is -0.497 e. The highest BCUT2D eigenvalue weighted by Crippen LogP contribution is 2.24. The number of methoxy groups -OCH3 is 1. The smallest absolute Gasteiger partial charge is 0.338 e. The third-order valence-electron chi connectivity index (χ3n) is 4.45. The van der Waals surface area contributed by atoms with Crippen LogP contribution in [0.15, 0.2) is 76.7 Å². The van der Waals surface area contributed by atoms with Crippen molar-refractivity contribution in [2.24, 2.45) is 0 Å². The zero-order valence-corrected chi connectivity index (χ0v) is 18.5. The molecule has 4 rings (SSSR count). The van der Waals surface area contributed by atoms with Crippen LogP contribution in [0.25, 0.3) is 10.8 Å². The van der Waals surface area contributed by atoms with Crippen LogP contribution in [0, 0.1) is 0 Å². The molecule has 8 nitrogen and oxygen atoms in total. The SMILES string of the molecule is COc1cccc(NC(=O)COc2ccc(C(=O)OCc3coc(-c4cccs4)n3)cc2)c1. The zero-order chi connectivity index (χ0) is 23.0. The van der Waals surface area contributed by atoms with Crippen LogP contribution < -0.4 is 14.8 Å². The summed E-state index contributed by atoms with van der Waals surface area (Å²) in [6.45, 7) is -0.184. The predicted molar refractivity (Wildman–Crippen MR) is 122 cm³/mol. The Kier molecular flexibility index (Phi) is 7.01. The Hall–Kier alpha value is -4.11. The summed E-state index contributed by atoms with van der Waals surface area (Å²) in [4.78, 5) is 29.6. The molecule has 33 heavy (non-hydrogen) atoms. The minimum atomic E-state index is -0.502. The second kappa shape index (κ2) is 10.5. The zero-order valence-electron chi connectivity index (χ0n) is 17.6. The van der Waals surface area contributed by atoms with Crippen LogP contribution in [0.5, 0.6) is 11.5 Å². The molecule has 0 bridgehead atoms. The average molecular weight is 464 g/mol. The third kappa shape index (κ3) is 5.98. The lowest BCUT2D eigenvalue weighted by atomic mass is 10.2. The van der Waals surface area contributed by atoms with E-state index in [1.165, 1.54) is 17.6 Å². The van der Waals surface area contributed by atoms with Gasteiger partial charge in [0.2, 0.25) is 5.89 Å². The van der Waals surface area contributed by atoms with E-state index in [0.717, 1.165) is 4.88 Å². The van der Waals surface area contributed by atoms with E-state index in [9.17, 15) is 9.59 Å². The summed E-state index contributed by atoms with van der Waals surface area (Å²) in [6.07, 6.45) is 1.47. The first-order chi connectivity index (χ1) is 16.1. The fourth-order valence-electron chi connectivity index (χ4n) is 2.84. The second-order valence-electron chi connectivity index (χ2n) is 6.79. The van der Waals surface area contributed by atoms with Crippen molar-refractivity contribution in [3.8, 4) is 22.3 Å². The second-order valence-corrected chi connectivity index (χ2v) is 7.74. The van der Waals surface area contributed by atoms with Crippen molar-refractivity contribution in [3.63, 3.8) is 0 Å². The van der Waals surface area contributed by atoms with Gasteiger partial charge in [0, 0.05) is 11.8 Å². The Balaban J connectivity index is 1.24. The topological polar surface area (TPSA) is 99.9 Å². The Morgan fingerprint density at radius 1 is 1.06 bits per heavy atom. The van der Waals surface area contributed by atoms with Gasteiger partial charge in [0.05, 0.1) is 17.6 Å². The summed E-state index contributed by atoms with van der Waals surface area (Å²) in [5.41, 5.74) is 1.48. The van der Waals surface area contributed by atoms with Gasteiger partial charge < -0.3 is 23.9 Å². The molecule has 9 heteroatoms.